The molecule has 1 unspecified atom stereocenters. The van der Waals surface area contributed by atoms with Gasteiger partial charge >= 0.3 is 0 Å². The molecule has 2 aromatic carbocycles. The van der Waals surface area contributed by atoms with Crippen molar-refractivity contribution < 1.29 is 13.6 Å². The summed E-state index contributed by atoms with van der Waals surface area (Å²) in [7, 11) is 0. The number of ketones is 1. The van der Waals surface area contributed by atoms with Crippen LogP contribution in [0.25, 0.3) is 0 Å². The maximum absolute atomic E-state index is 13.0. The zero-order valence-corrected chi connectivity index (χ0v) is 15.4. The molecule has 0 aliphatic rings. The molecule has 0 amide bonds. The fourth-order valence-electron chi connectivity index (χ4n) is 2.16. The topological polar surface area (TPSA) is 54.9 Å². The smallest absolute Gasteiger partial charge is 0.206 e. The molecule has 0 spiro atoms. The van der Waals surface area contributed by atoms with Gasteiger partial charge in [-0.15, -0.1) is 10.2 Å². The summed E-state index contributed by atoms with van der Waals surface area (Å²) in [5.41, 5.74) is 1.39. The lowest BCUT2D eigenvalue weighted by atomic mass is 10.1. The van der Waals surface area contributed by atoms with Crippen LogP contribution in [0.5, 0.6) is 0 Å². The van der Waals surface area contributed by atoms with Crippen molar-refractivity contribution in [3.8, 4) is 0 Å². The number of hydrogen-bond acceptors (Lipinski definition) is 6. The van der Waals surface area contributed by atoms with E-state index in [4.69, 9.17) is 0 Å². The highest BCUT2D eigenvalue weighted by Crippen LogP contribution is 2.30. The molecule has 26 heavy (non-hydrogen) atoms. The molecule has 4 nitrogen and oxygen atoms in total. The first-order valence-electron chi connectivity index (χ1n) is 7.79. The molecule has 0 aliphatic heterocycles. The van der Waals surface area contributed by atoms with Crippen LogP contribution in [0, 0.1) is 11.6 Å². The standard InChI is InChI=1S/C18H15F2N3OS2/c1-11(16(24)13-4-8-15(20)9-5-13)25-18-23-22-17(26-18)21-10-12-2-6-14(19)7-3-12/h2-9,11H,10H2,1H3,(H,21,22). The summed E-state index contributed by atoms with van der Waals surface area (Å²) >= 11 is 2.65. The highest BCUT2D eigenvalue weighted by Gasteiger charge is 2.18. The third kappa shape index (κ3) is 4.86. The maximum atomic E-state index is 13.0. The van der Waals surface area contributed by atoms with E-state index in [-0.39, 0.29) is 22.7 Å². The van der Waals surface area contributed by atoms with Crippen molar-refractivity contribution in [3.05, 3.63) is 71.3 Å². The second-order valence-corrected chi connectivity index (χ2v) is 8.05. The van der Waals surface area contributed by atoms with E-state index < -0.39 is 0 Å². The molecule has 134 valence electrons. The average molecular weight is 391 g/mol. The molecule has 1 N–H and O–H groups in total. The molecule has 1 heterocycles. The number of thioether (sulfide) groups is 1. The lowest BCUT2D eigenvalue weighted by molar-refractivity contribution is 0.0994. The largest absolute Gasteiger partial charge is 0.356 e. The molecule has 3 aromatic rings. The fraction of sp³-hybridized carbons (Fsp3) is 0.167. The molecule has 0 aliphatic carbocycles. The predicted molar refractivity (Wildman–Crippen MR) is 99.7 cm³/mol. The van der Waals surface area contributed by atoms with Gasteiger partial charge in [0.2, 0.25) is 5.13 Å². The SMILES string of the molecule is CC(Sc1nnc(NCc2ccc(F)cc2)s1)C(=O)c1ccc(F)cc1. The second-order valence-electron chi connectivity index (χ2n) is 5.48. The summed E-state index contributed by atoms with van der Waals surface area (Å²) < 4.78 is 26.5. The van der Waals surface area contributed by atoms with E-state index in [1.807, 2.05) is 0 Å². The van der Waals surface area contributed by atoms with Crippen molar-refractivity contribution in [2.24, 2.45) is 0 Å². The molecule has 0 bridgehead atoms. The molecule has 1 atom stereocenters. The normalized spacial score (nSPS) is 12.0. The number of rotatable bonds is 7. The van der Waals surface area contributed by atoms with E-state index in [1.165, 1.54) is 59.5 Å². The van der Waals surface area contributed by atoms with Gasteiger partial charge in [-0.1, -0.05) is 35.2 Å². The van der Waals surface area contributed by atoms with Crippen LogP contribution in [0.15, 0.2) is 52.9 Å². The van der Waals surface area contributed by atoms with E-state index >= 15 is 0 Å². The molecule has 8 heteroatoms. The minimum Gasteiger partial charge on any atom is -0.356 e. The monoisotopic (exact) mass is 391 g/mol. The van der Waals surface area contributed by atoms with Crippen LogP contribution < -0.4 is 5.32 Å². The molecule has 1 aromatic heterocycles. The highest BCUT2D eigenvalue weighted by molar-refractivity contribution is 8.02. The Morgan fingerprint density at radius 3 is 2.35 bits per heavy atom. The molecular formula is C18H15F2N3OS2. The van der Waals surface area contributed by atoms with Gasteiger partial charge in [-0.25, -0.2) is 8.78 Å². The minimum absolute atomic E-state index is 0.0916. The Bertz CT molecular complexity index is 882. The minimum atomic E-state index is -0.372. The van der Waals surface area contributed by atoms with Gasteiger partial charge in [-0.05, 0) is 48.9 Å². The van der Waals surface area contributed by atoms with Crippen LogP contribution >= 0.6 is 23.1 Å². The summed E-state index contributed by atoms with van der Waals surface area (Å²) in [4.78, 5) is 12.4. The first kappa shape index (κ1) is 18.5. The molecular weight excluding hydrogens is 376 g/mol. The Morgan fingerprint density at radius 2 is 1.69 bits per heavy atom. The zero-order chi connectivity index (χ0) is 18.5. The lowest BCUT2D eigenvalue weighted by Crippen LogP contribution is -2.13. The lowest BCUT2D eigenvalue weighted by Gasteiger charge is -2.07. The van der Waals surface area contributed by atoms with E-state index in [9.17, 15) is 13.6 Å². The fourth-order valence-corrected chi connectivity index (χ4v) is 4.13. The number of halogens is 2. The van der Waals surface area contributed by atoms with Crippen LogP contribution in [0.4, 0.5) is 13.9 Å². The number of aromatic nitrogens is 2. The second kappa shape index (κ2) is 8.37. The number of Topliss-reactive ketones (excluding diaryl/α,β-unsaturated/α-hetero) is 1. The van der Waals surface area contributed by atoms with Crippen molar-refractivity contribution in [2.45, 2.75) is 23.1 Å². The van der Waals surface area contributed by atoms with Crippen molar-refractivity contribution in [1.82, 2.24) is 10.2 Å². The number of carbonyl (C=O) groups excluding carboxylic acids is 1. The van der Waals surface area contributed by atoms with Crippen molar-refractivity contribution >= 4 is 34.0 Å². The molecule has 3 rings (SSSR count). The van der Waals surface area contributed by atoms with Crippen LogP contribution in [-0.4, -0.2) is 21.2 Å². The Balaban J connectivity index is 1.56. The Hall–Kier alpha value is -2.32. The molecule has 0 saturated heterocycles. The third-order valence-electron chi connectivity index (χ3n) is 3.54. The van der Waals surface area contributed by atoms with Crippen LogP contribution in [-0.2, 0) is 6.54 Å². The number of hydrogen-bond donors (Lipinski definition) is 1. The number of nitrogens with one attached hydrogen (secondary N) is 1. The van der Waals surface area contributed by atoms with Crippen LogP contribution in [0.3, 0.4) is 0 Å². The Morgan fingerprint density at radius 1 is 1.08 bits per heavy atom. The van der Waals surface area contributed by atoms with Gasteiger partial charge in [0, 0.05) is 12.1 Å². The zero-order valence-electron chi connectivity index (χ0n) is 13.8. The molecule has 0 fully saturated rings. The summed E-state index contributed by atoms with van der Waals surface area (Å²) in [6.45, 7) is 2.28. The van der Waals surface area contributed by atoms with Gasteiger partial charge in [0.1, 0.15) is 11.6 Å². The maximum Gasteiger partial charge on any atom is 0.206 e. The quantitative estimate of drug-likeness (QED) is 0.463. The summed E-state index contributed by atoms with van der Waals surface area (Å²) in [5, 5.41) is 11.5. The average Bonchev–Trinajstić information content (AvgIpc) is 3.08. The van der Waals surface area contributed by atoms with Crippen molar-refractivity contribution in [2.75, 3.05) is 5.32 Å². The van der Waals surface area contributed by atoms with Gasteiger partial charge in [0.15, 0.2) is 10.1 Å². The number of benzene rings is 2. The van der Waals surface area contributed by atoms with Gasteiger partial charge in [-0.3, -0.25) is 4.79 Å². The van der Waals surface area contributed by atoms with E-state index in [2.05, 4.69) is 15.5 Å². The third-order valence-corrected chi connectivity index (χ3v) is 5.60. The van der Waals surface area contributed by atoms with Gasteiger partial charge in [0.05, 0.1) is 5.25 Å². The van der Waals surface area contributed by atoms with Gasteiger partial charge in [0.25, 0.3) is 0 Å². The number of anilines is 1. The molecule has 0 saturated carbocycles. The van der Waals surface area contributed by atoms with E-state index in [0.29, 0.717) is 21.6 Å². The first-order valence-corrected chi connectivity index (χ1v) is 9.49. The summed E-state index contributed by atoms with van der Waals surface area (Å²) in [6, 6.07) is 11.7. The highest BCUT2D eigenvalue weighted by atomic mass is 32.2. The molecule has 0 radical (unpaired) electrons. The van der Waals surface area contributed by atoms with E-state index in [1.54, 1.807) is 19.1 Å². The first-order chi connectivity index (χ1) is 12.5. The Kier molecular flexibility index (Phi) is 5.95. The van der Waals surface area contributed by atoms with Crippen LogP contribution in [0.1, 0.15) is 22.8 Å². The van der Waals surface area contributed by atoms with Gasteiger partial charge in [-0.2, -0.15) is 0 Å². The Labute approximate surface area is 157 Å². The van der Waals surface area contributed by atoms with Gasteiger partial charge < -0.3 is 5.32 Å². The van der Waals surface area contributed by atoms with Crippen molar-refractivity contribution in [3.63, 3.8) is 0 Å². The number of nitrogens with zero attached hydrogens (tertiary/aromatic N) is 2. The predicted octanol–water partition coefficient (Wildman–Crippen LogP) is 4.79. The number of carbonyl (C=O) groups is 1. The van der Waals surface area contributed by atoms with Crippen molar-refractivity contribution in [1.29, 1.82) is 0 Å². The summed E-state index contributed by atoms with van der Waals surface area (Å²) in [6.07, 6.45) is 0. The summed E-state index contributed by atoms with van der Waals surface area (Å²) in [5.74, 6) is -0.739. The van der Waals surface area contributed by atoms with E-state index in [0.717, 1.165) is 5.56 Å². The van der Waals surface area contributed by atoms with Crippen LogP contribution in [0.2, 0.25) is 0 Å².